The second-order valence-electron chi connectivity index (χ2n) is 4.70. The molecule has 19 heavy (non-hydrogen) atoms. The molecule has 0 unspecified atom stereocenters. The van der Waals surface area contributed by atoms with Crippen molar-refractivity contribution in [2.75, 3.05) is 31.6 Å². The second kappa shape index (κ2) is 5.25. The fourth-order valence-electron chi connectivity index (χ4n) is 2.32. The Morgan fingerprint density at radius 2 is 2.16 bits per heavy atom. The zero-order chi connectivity index (χ0) is 14.0. The summed E-state index contributed by atoms with van der Waals surface area (Å²) in [5.41, 5.74) is 0. The summed E-state index contributed by atoms with van der Waals surface area (Å²) >= 11 is 0. The standard InChI is InChI=1S/C11H17N5O3/c1-13(7-9(17)15-5-3-4-6-15)11-10(16(18)19)12-8-14(11)2/h8H,3-7H2,1-2H3. The van der Waals surface area contributed by atoms with Crippen LogP contribution in [0.4, 0.5) is 11.6 Å². The number of imidazole rings is 1. The first-order valence-electron chi connectivity index (χ1n) is 6.15. The molecule has 0 radical (unpaired) electrons. The number of hydrogen-bond donors (Lipinski definition) is 0. The van der Waals surface area contributed by atoms with Gasteiger partial charge in [-0.15, -0.1) is 0 Å². The lowest BCUT2D eigenvalue weighted by atomic mass is 10.4. The van der Waals surface area contributed by atoms with Gasteiger partial charge in [-0.05, 0) is 22.7 Å². The molecule has 8 heteroatoms. The quantitative estimate of drug-likeness (QED) is 0.582. The maximum Gasteiger partial charge on any atom is 0.406 e. The van der Waals surface area contributed by atoms with Crippen molar-refractivity contribution in [2.45, 2.75) is 12.8 Å². The number of carbonyl (C=O) groups is 1. The minimum atomic E-state index is -0.536. The number of likely N-dealkylation sites (N-methyl/N-ethyl adjacent to an activating group) is 1. The Labute approximate surface area is 110 Å². The summed E-state index contributed by atoms with van der Waals surface area (Å²) in [6.07, 6.45) is 3.44. The maximum absolute atomic E-state index is 12.0. The highest BCUT2D eigenvalue weighted by atomic mass is 16.6. The van der Waals surface area contributed by atoms with Gasteiger partial charge in [-0.1, -0.05) is 0 Å². The molecule has 1 aromatic rings. The van der Waals surface area contributed by atoms with Crippen molar-refractivity contribution in [3.63, 3.8) is 0 Å². The number of hydrogen-bond acceptors (Lipinski definition) is 5. The molecule has 1 aliphatic rings. The summed E-state index contributed by atoms with van der Waals surface area (Å²) in [6.45, 7) is 1.68. The number of anilines is 1. The van der Waals surface area contributed by atoms with Crippen molar-refractivity contribution >= 4 is 17.5 Å². The fourth-order valence-corrected chi connectivity index (χ4v) is 2.32. The molecule has 0 saturated carbocycles. The molecule has 1 amide bonds. The molecule has 0 N–H and O–H groups in total. The van der Waals surface area contributed by atoms with Crippen molar-refractivity contribution in [3.05, 3.63) is 16.4 Å². The minimum Gasteiger partial charge on any atom is -0.358 e. The van der Waals surface area contributed by atoms with Gasteiger partial charge in [-0.25, -0.2) is 0 Å². The molecule has 0 bridgehead atoms. The Morgan fingerprint density at radius 3 is 2.74 bits per heavy atom. The first-order valence-corrected chi connectivity index (χ1v) is 6.15. The van der Waals surface area contributed by atoms with E-state index in [9.17, 15) is 14.9 Å². The Kier molecular flexibility index (Phi) is 3.68. The summed E-state index contributed by atoms with van der Waals surface area (Å²) in [7, 11) is 3.34. The number of amides is 1. The number of aryl methyl sites for hydroxylation is 1. The van der Waals surface area contributed by atoms with Crippen LogP contribution in [0.3, 0.4) is 0 Å². The van der Waals surface area contributed by atoms with E-state index in [4.69, 9.17) is 0 Å². The molecule has 1 saturated heterocycles. The number of nitro groups is 1. The lowest BCUT2D eigenvalue weighted by Gasteiger charge is -2.22. The van der Waals surface area contributed by atoms with E-state index in [-0.39, 0.29) is 18.3 Å². The zero-order valence-electron chi connectivity index (χ0n) is 11.1. The van der Waals surface area contributed by atoms with Crippen molar-refractivity contribution in [3.8, 4) is 0 Å². The Hall–Kier alpha value is -2.12. The third-order valence-electron chi connectivity index (χ3n) is 3.25. The van der Waals surface area contributed by atoms with Gasteiger partial charge in [0, 0.05) is 27.2 Å². The summed E-state index contributed by atoms with van der Waals surface area (Å²) in [6, 6.07) is 0. The molecule has 0 spiro atoms. The van der Waals surface area contributed by atoms with Crippen LogP contribution >= 0.6 is 0 Å². The summed E-state index contributed by atoms with van der Waals surface area (Å²) in [5.74, 6) is 0.118. The van der Waals surface area contributed by atoms with Gasteiger partial charge < -0.3 is 19.9 Å². The van der Waals surface area contributed by atoms with Crippen LogP contribution in [0.1, 0.15) is 12.8 Å². The highest BCUT2D eigenvalue weighted by Crippen LogP contribution is 2.24. The molecule has 0 atom stereocenters. The second-order valence-corrected chi connectivity index (χ2v) is 4.70. The van der Waals surface area contributed by atoms with Crippen LogP contribution in [0.25, 0.3) is 0 Å². The van der Waals surface area contributed by atoms with Crippen LogP contribution in [-0.4, -0.2) is 52.0 Å². The average Bonchev–Trinajstić information content (AvgIpc) is 2.96. The molecule has 2 rings (SSSR count). The highest BCUT2D eigenvalue weighted by Gasteiger charge is 2.26. The molecular weight excluding hydrogens is 250 g/mol. The Morgan fingerprint density at radius 1 is 1.53 bits per heavy atom. The maximum atomic E-state index is 12.0. The Balaban J connectivity index is 2.11. The summed E-state index contributed by atoms with van der Waals surface area (Å²) in [5, 5.41) is 10.9. The lowest BCUT2D eigenvalue weighted by molar-refractivity contribution is -0.388. The van der Waals surface area contributed by atoms with E-state index in [1.165, 1.54) is 6.33 Å². The number of nitrogens with zero attached hydrogens (tertiary/aromatic N) is 5. The van der Waals surface area contributed by atoms with E-state index in [2.05, 4.69) is 4.98 Å². The van der Waals surface area contributed by atoms with Crippen molar-refractivity contribution in [1.82, 2.24) is 14.5 Å². The van der Waals surface area contributed by atoms with E-state index in [1.807, 2.05) is 0 Å². The predicted octanol–water partition coefficient (Wildman–Crippen LogP) is 0.387. The largest absolute Gasteiger partial charge is 0.406 e. The van der Waals surface area contributed by atoms with Crippen LogP contribution in [0.5, 0.6) is 0 Å². The molecular formula is C11H17N5O3. The van der Waals surface area contributed by atoms with Gasteiger partial charge in [-0.2, -0.15) is 0 Å². The summed E-state index contributed by atoms with van der Waals surface area (Å²) < 4.78 is 1.55. The number of carbonyl (C=O) groups excluding carboxylic acids is 1. The number of likely N-dealkylation sites (tertiary alicyclic amines) is 1. The molecule has 104 valence electrons. The molecule has 1 aromatic heterocycles. The van der Waals surface area contributed by atoms with Crippen molar-refractivity contribution in [1.29, 1.82) is 0 Å². The molecule has 0 aliphatic carbocycles. The van der Waals surface area contributed by atoms with Crippen LogP contribution in [-0.2, 0) is 11.8 Å². The molecule has 1 aliphatic heterocycles. The minimum absolute atomic E-state index is 0.00417. The monoisotopic (exact) mass is 267 g/mol. The van der Waals surface area contributed by atoms with Crippen LogP contribution in [0.15, 0.2) is 6.33 Å². The van der Waals surface area contributed by atoms with E-state index >= 15 is 0 Å². The summed E-state index contributed by atoms with van der Waals surface area (Å²) in [4.78, 5) is 29.5. The SMILES string of the molecule is CN(CC(=O)N1CCCC1)c1c([N+](=O)[O-])ncn1C. The normalized spacial score (nSPS) is 14.7. The van der Waals surface area contributed by atoms with E-state index in [1.54, 1.807) is 28.5 Å². The smallest absolute Gasteiger partial charge is 0.358 e. The third-order valence-corrected chi connectivity index (χ3v) is 3.25. The van der Waals surface area contributed by atoms with Gasteiger partial charge in [0.2, 0.25) is 18.1 Å². The van der Waals surface area contributed by atoms with Gasteiger partial charge in [0.05, 0.1) is 6.54 Å². The number of rotatable bonds is 4. The fraction of sp³-hybridized carbons (Fsp3) is 0.636. The van der Waals surface area contributed by atoms with Gasteiger partial charge in [0.1, 0.15) is 0 Å². The average molecular weight is 267 g/mol. The van der Waals surface area contributed by atoms with Gasteiger partial charge in [-0.3, -0.25) is 9.36 Å². The predicted molar refractivity (Wildman–Crippen MR) is 68.9 cm³/mol. The van der Waals surface area contributed by atoms with E-state index in [0.29, 0.717) is 5.82 Å². The van der Waals surface area contributed by atoms with Crippen molar-refractivity contribution in [2.24, 2.45) is 7.05 Å². The van der Waals surface area contributed by atoms with Gasteiger partial charge >= 0.3 is 5.82 Å². The van der Waals surface area contributed by atoms with Crippen molar-refractivity contribution < 1.29 is 9.72 Å². The van der Waals surface area contributed by atoms with Crippen LogP contribution < -0.4 is 4.90 Å². The first kappa shape index (κ1) is 13.3. The van der Waals surface area contributed by atoms with E-state index < -0.39 is 4.92 Å². The van der Waals surface area contributed by atoms with Gasteiger partial charge in [0.15, 0.2) is 0 Å². The molecule has 8 nitrogen and oxygen atoms in total. The number of aromatic nitrogens is 2. The lowest BCUT2D eigenvalue weighted by Crippen LogP contribution is -2.38. The van der Waals surface area contributed by atoms with Crippen LogP contribution in [0, 0.1) is 10.1 Å². The van der Waals surface area contributed by atoms with Crippen LogP contribution in [0.2, 0.25) is 0 Å². The topological polar surface area (TPSA) is 84.5 Å². The Bertz CT molecular complexity index is 493. The molecule has 2 heterocycles. The molecule has 1 fully saturated rings. The highest BCUT2D eigenvalue weighted by molar-refractivity contribution is 5.82. The third kappa shape index (κ3) is 2.67. The van der Waals surface area contributed by atoms with E-state index in [0.717, 1.165) is 25.9 Å². The zero-order valence-corrected chi connectivity index (χ0v) is 11.1. The first-order chi connectivity index (χ1) is 9.00. The molecule has 0 aromatic carbocycles. The van der Waals surface area contributed by atoms with Gasteiger partial charge in [0.25, 0.3) is 0 Å².